The SMILES string of the molecule is CCOC(=O)C1=C(CC(=O)c2ccccc2)C(c2ccccc2)=CC1C. The van der Waals surface area contributed by atoms with E-state index in [1.807, 2.05) is 55.5 Å². The van der Waals surface area contributed by atoms with Gasteiger partial charge in [-0.05, 0) is 23.6 Å². The Bertz CT molecular complexity index is 861. The molecule has 26 heavy (non-hydrogen) atoms. The van der Waals surface area contributed by atoms with Crippen molar-refractivity contribution in [2.75, 3.05) is 6.61 Å². The third kappa shape index (κ3) is 3.67. The zero-order valence-electron chi connectivity index (χ0n) is 15.1. The molecule has 1 unspecified atom stereocenters. The largest absolute Gasteiger partial charge is 0.463 e. The normalized spacial score (nSPS) is 16.4. The molecule has 0 bridgehead atoms. The number of allylic oxidation sites excluding steroid dienone is 3. The number of benzene rings is 2. The predicted molar refractivity (Wildman–Crippen MR) is 103 cm³/mol. The van der Waals surface area contributed by atoms with Gasteiger partial charge in [-0.15, -0.1) is 0 Å². The molecule has 0 aromatic heterocycles. The fourth-order valence-electron chi connectivity index (χ4n) is 3.34. The van der Waals surface area contributed by atoms with Crippen LogP contribution in [0.2, 0.25) is 0 Å². The summed E-state index contributed by atoms with van der Waals surface area (Å²) in [5, 5.41) is 0. The average molecular weight is 346 g/mol. The molecule has 0 spiro atoms. The molecule has 1 aliphatic carbocycles. The van der Waals surface area contributed by atoms with Gasteiger partial charge in [0.05, 0.1) is 6.61 Å². The third-order valence-corrected chi connectivity index (χ3v) is 4.54. The lowest BCUT2D eigenvalue weighted by atomic mass is 9.92. The molecule has 2 aromatic carbocycles. The van der Waals surface area contributed by atoms with E-state index >= 15 is 0 Å². The van der Waals surface area contributed by atoms with Crippen molar-refractivity contribution >= 4 is 17.3 Å². The highest BCUT2D eigenvalue weighted by Crippen LogP contribution is 2.40. The number of carbonyl (C=O) groups is 2. The van der Waals surface area contributed by atoms with Gasteiger partial charge in [-0.3, -0.25) is 4.79 Å². The fourth-order valence-corrected chi connectivity index (χ4v) is 3.34. The second-order valence-electron chi connectivity index (χ2n) is 6.31. The van der Waals surface area contributed by atoms with Crippen molar-refractivity contribution in [1.82, 2.24) is 0 Å². The van der Waals surface area contributed by atoms with Gasteiger partial charge in [0, 0.05) is 23.5 Å². The highest BCUT2D eigenvalue weighted by atomic mass is 16.5. The molecule has 0 N–H and O–H groups in total. The Labute approximate surface area is 154 Å². The van der Waals surface area contributed by atoms with Gasteiger partial charge in [-0.1, -0.05) is 73.7 Å². The van der Waals surface area contributed by atoms with Crippen molar-refractivity contribution < 1.29 is 14.3 Å². The van der Waals surface area contributed by atoms with Crippen LogP contribution in [-0.2, 0) is 9.53 Å². The monoisotopic (exact) mass is 346 g/mol. The van der Waals surface area contributed by atoms with E-state index in [9.17, 15) is 9.59 Å². The van der Waals surface area contributed by atoms with Crippen LogP contribution in [0.15, 0.2) is 77.9 Å². The van der Waals surface area contributed by atoms with Gasteiger partial charge < -0.3 is 4.74 Å². The summed E-state index contributed by atoms with van der Waals surface area (Å²) in [6.07, 6.45) is 2.23. The zero-order chi connectivity index (χ0) is 18.5. The molecule has 0 radical (unpaired) electrons. The summed E-state index contributed by atoms with van der Waals surface area (Å²) in [5.74, 6) is -0.417. The quantitative estimate of drug-likeness (QED) is 0.554. The molecule has 0 amide bonds. The fraction of sp³-hybridized carbons (Fsp3) is 0.217. The van der Waals surface area contributed by atoms with Crippen molar-refractivity contribution in [2.24, 2.45) is 5.92 Å². The highest BCUT2D eigenvalue weighted by molar-refractivity contribution is 6.05. The lowest BCUT2D eigenvalue weighted by molar-refractivity contribution is -0.138. The molecule has 3 rings (SSSR count). The van der Waals surface area contributed by atoms with Gasteiger partial charge >= 0.3 is 5.97 Å². The summed E-state index contributed by atoms with van der Waals surface area (Å²) >= 11 is 0. The van der Waals surface area contributed by atoms with Gasteiger partial charge in [0.1, 0.15) is 0 Å². The maximum atomic E-state index is 12.8. The first-order valence-corrected chi connectivity index (χ1v) is 8.87. The Hall–Kier alpha value is -2.94. The van der Waals surface area contributed by atoms with Crippen LogP contribution in [0.1, 0.15) is 36.2 Å². The molecule has 2 aromatic rings. The van der Waals surface area contributed by atoms with Crippen molar-refractivity contribution in [3.05, 3.63) is 89.0 Å². The number of Topliss-reactive ketones (excluding diaryl/α,β-unsaturated/α-hetero) is 1. The molecule has 1 aliphatic rings. The van der Waals surface area contributed by atoms with E-state index in [1.54, 1.807) is 19.1 Å². The van der Waals surface area contributed by atoms with Crippen LogP contribution in [0, 0.1) is 5.92 Å². The summed E-state index contributed by atoms with van der Waals surface area (Å²) < 4.78 is 5.26. The van der Waals surface area contributed by atoms with E-state index in [1.165, 1.54) is 0 Å². The van der Waals surface area contributed by atoms with Crippen LogP contribution in [0.4, 0.5) is 0 Å². The Morgan fingerprint density at radius 1 is 0.962 bits per heavy atom. The van der Waals surface area contributed by atoms with Gasteiger partial charge in [-0.2, -0.15) is 0 Å². The molecular weight excluding hydrogens is 324 g/mol. The van der Waals surface area contributed by atoms with Crippen molar-refractivity contribution in [3.8, 4) is 0 Å². The van der Waals surface area contributed by atoms with Crippen LogP contribution in [0.25, 0.3) is 5.57 Å². The Kier molecular flexibility index (Phi) is 5.47. The minimum Gasteiger partial charge on any atom is -0.463 e. The molecular formula is C23H22O3. The Morgan fingerprint density at radius 2 is 1.58 bits per heavy atom. The Morgan fingerprint density at radius 3 is 2.19 bits per heavy atom. The number of carbonyl (C=O) groups excluding carboxylic acids is 2. The summed E-state index contributed by atoms with van der Waals surface area (Å²) in [4.78, 5) is 25.3. The van der Waals surface area contributed by atoms with Gasteiger partial charge in [0.25, 0.3) is 0 Å². The smallest absolute Gasteiger partial charge is 0.334 e. The number of ether oxygens (including phenoxy) is 1. The van der Waals surface area contributed by atoms with Crippen molar-refractivity contribution in [1.29, 1.82) is 0 Å². The van der Waals surface area contributed by atoms with Crippen LogP contribution in [-0.4, -0.2) is 18.4 Å². The van der Waals surface area contributed by atoms with Crippen molar-refractivity contribution in [2.45, 2.75) is 20.3 Å². The van der Waals surface area contributed by atoms with Crippen LogP contribution in [0.5, 0.6) is 0 Å². The van der Waals surface area contributed by atoms with Crippen LogP contribution < -0.4 is 0 Å². The van der Waals surface area contributed by atoms with E-state index in [0.29, 0.717) is 17.7 Å². The number of esters is 1. The van der Waals surface area contributed by atoms with Crippen molar-refractivity contribution in [3.63, 3.8) is 0 Å². The van der Waals surface area contributed by atoms with E-state index < -0.39 is 0 Å². The Balaban J connectivity index is 2.01. The molecule has 132 valence electrons. The lowest BCUT2D eigenvalue weighted by Crippen LogP contribution is -2.14. The minimum atomic E-state index is -0.335. The maximum absolute atomic E-state index is 12.8. The standard InChI is InChI=1S/C23H22O3/c1-3-26-23(25)22-16(2)14-19(17-10-6-4-7-11-17)20(22)15-21(24)18-12-8-5-9-13-18/h4-14,16H,3,15H2,1-2H3. The molecule has 0 fully saturated rings. The number of rotatable bonds is 6. The summed E-state index contributed by atoms with van der Waals surface area (Å²) in [6.45, 7) is 4.07. The number of hydrogen-bond donors (Lipinski definition) is 0. The molecule has 3 nitrogen and oxygen atoms in total. The average Bonchev–Trinajstić information content (AvgIpc) is 2.99. The molecule has 1 atom stereocenters. The molecule has 0 saturated carbocycles. The zero-order valence-corrected chi connectivity index (χ0v) is 15.1. The van der Waals surface area contributed by atoms with Crippen LogP contribution >= 0.6 is 0 Å². The van der Waals surface area contributed by atoms with Crippen LogP contribution in [0.3, 0.4) is 0 Å². The van der Waals surface area contributed by atoms with Gasteiger partial charge in [0.15, 0.2) is 5.78 Å². The second kappa shape index (κ2) is 7.96. The summed E-state index contributed by atoms with van der Waals surface area (Å²) in [7, 11) is 0. The van der Waals surface area contributed by atoms with E-state index in [-0.39, 0.29) is 24.1 Å². The first kappa shape index (κ1) is 17.9. The molecule has 0 heterocycles. The van der Waals surface area contributed by atoms with E-state index in [4.69, 9.17) is 4.74 Å². The van der Waals surface area contributed by atoms with Gasteiger partial charge in [-0.25, -0.2) is 4.79 Å². The second-order valence-corrected chi connectivity index (χ2v) is 6.31. The topological polar surface area (TPSA) is 43.4 Å². The highest BCUT2D eigenvalue weighted by Gasteiger charge is 2.31. The summed E-state index contributed by atoms with van der Waals surface area (Å²) in [6, 6.07) is 19.0. The number of hydrogen-bond acceptors (Lipinski definition) is 3. The number of ketones is 1. The summed E-state index contributed by atoms with van der Waals surface area (Å²) in [5.41, 5.74) is 3.97. The molecule has 0 saturated heterocycles. The van der Waals surface area contributed by atoms with E-state index in [2.05, 4.69) is 6.08 Å². The lowest BCUT2D eigenvalue weighted by Gasteiger charge is -2.13. The first-order chi connectivity index (χ1) is 12.6. The predicted octanol–water partition coefficient (Wildman–Crippen LogP) is 4.85. The molecule has 0 aliphatic heterocycles. The van der Waals surface area contributed by atoms with E-state index in [0.717, 1.165) is 16.7 Å². The maximum Gasteiger partial charge on any atom is 0.334 e. The van der Waals surface area contributed by atoms with Gasteiger partial charge in [0.2, 0.25) is 0 Å². The molecule has 3 heteroatoms. The third-order valence-electron chi connectivity index (χ3n) is 4.54. The minimum absolute atomic E-state index is 0.00155. The first-order valence-electron chi connectivity index (χ1n) is 8.87.